The Morgan fingerprint density at radius 2 is 1.07 bits per heavy atom. The monoisotopic (exact) mass is 586 g/mol. The van der Waals surface area contributed by atoms with E-state index in [4.69, 9.17) is 9.97 Å². The van der Waals surface area contributed by atoms with Gasteiger partial charge in [-0.2, -0.15) is 4.57 Å². The first-order chi connectivity index (χ1) is 21.2. The van der Waals surface area contributed by atoms with E-state index in [0.717, 1.165) is 61.9 Å². The second-order valence-electron chi connectivity index (χ2n) is 12.2. The molecule has 0 spiro atoms. The maximum Gasteiger partial charge on any atom is 0.212 e. The number of aryl methyl sites for hydroxylation is 5. The van der Waals surface area contributed by atoms with Gasteiger partial charge in [0, 0.05) is 47.1 Å². The Hall–Kier alpha value is -4.25. The molecular weight excluding hydrogens is 538 g/mol. The predicted octanol–water partition coefficient (Wildman–Crippen LogP) is 8.42. The van der Waals surface area contributed by atoms with Gasteiger partial charge < -0.3 is 10.6 Å². The number of hydrogen-bond donors (Lipinski definition) is 2. The molecule has 0 aliphatic heterocycles. The van der Waals surface area contributed by atoms with Gasteiger partial charge in [0.05, 0.1) is 0 Å². The lowest BCUT2D eigenvalue weighted by Crippen LogP contribution is -2.37. The van der Waals surface area contributed by atoms with Crippen LogP contribution in [0.25, 0.3) is 10.9 Å². The maximum atomic E-state index is 4.81. The summed E-state index contributed by atoms with van der Waals surface area (Å²) in [6.45, 7) is 19.8. The van der Waals surface area contributed by atoms with Crippen molar-refractivity contribution in [2.24, 2.45) is 0 Å². The summed E-state index contributed by atoms with van der Waals surface area (Å²) in [5.74, 6) is 1.87. The number of hydrogen-bond acceptors (Lipinski definition) is 4. The van der Waals surface area contributed by atoms with Crippen LogP contribution in [0.2, 0.25) is 0 Å². The van der Waals surface area contributed by atoms with E-state index in [2.05, 4.69) is 131 Å². The molecule has 0 aliphatic rings. The summed E-state index contributed by atoms with van der Waals surface area (Å²) >= 11 is 0. The quantitative estimate of drug-likeness (QED) is 0.153. The van der Waals surface area contributed by atoms with Gasteiger partial charge >= 0.3 is 0 Å². The fourth-order valence-corrected chi connectivity index (χ4v) is 6.98. The molecule has 2 N–H and O–H groups in total. The van der Waals surface area contributed by atoms with Gasteiger partial charge in [0.25, 0.3) is 0 Å². The van der Waals surface area contributed by atoms with Crippen LogP contribution in [0.3, 0.4) is 0 Å². The molecule has 5 rings (SSSR count). The molecule has 0 amide bonds. The van der Waals surface area contributed by atoms with Gasteiger partial charge in [-0.25, -0.2) is 9.97 Å². The Labute approximate surface area is 263 Å². The minimum absolute atomic E-state index is 0.743. The summed E-state index contributed by atoms with van der Waals surface area (Å²) in [6.07, 6.45) is 5.23. The lowest BCUT2D eigenvalue weighted by Gasteiger charge is -2.26. The molecule has 0 aliphatic carbocycles. The van der Waals surface area contributed by atoms with Gasteiger partial charge in [0.1, 0.15) is 11.6 Å². The molecule has 0 fully saturated rings. The van der Waals surface area contributed by atoms with Crippen molar-refractivity contribution in [2.45, 2.75) is 94.3 Å². The van der Waals surface area contributed by atoms with Crippen LogP contribution in [-0.4, -0.2) is 9.97 Å². The van der Waals surface area contributed by atoms with Crippen molar-refractivity contribution in [3.63, 3.8) is 0 Å². The minimum atomic E-state index is 0.743. The van der Waals surface area contributed by atoms with Gasteiger partial charge in [-0.3, -0.25) is 0 Å². The average Bonchev–Trinajstić information content (AvgIpc) is 2.97. The van der Waals surface area contributed by atoms with Gasteiger partial charge in [-0.05, 0) is 129 Å². The Morgan fingerprint density at radius 3 is 1.57 bits per heavy atom. The Bertz CT molecular complexity index is 1680. The summed E-state index contributed by atoms with van der Waals surface area (Å²) in [7, 11) is 0. The SMILES string of the molecule is CCc1c(CNc2cc(C)cc(C)n2)c(CC)c(C[n+]2cc(C)cc3ccccc32)c(CC)c1CNc1cc(C)cc(C)n1. The molecule has 5 aromatic rings. The van der Waals surface area contributed by atoms with E-state index >= 15 is 0 Å². The zero-order valence-corrected chi connectivity index (χ0v) is 27.9. The molecule has 0 radical (unpaired) electrons. The lowest BCUT2D eigenvalue weighted by atomic mass is 9.83. The van der Waals surface area contributed by atoms with Crippen molar-refractivity contribution in [2.75, 3.05) is 10.6 Å². The van der Waals surface area contributed by atoms with Crippen molar-refractivity contribution in [3.8, 4) is 0 Å². The van der Waals surface area contributed by atoms with Crippen molar-refractivity contribution in [1.82, 2.24) is 9.97 Å². The smallest absolute Gasteiger partial charge is 0.212 e. The highest BCUT2D eigenvalue weighted by Gasteiger charge is 2.24. The lowest BCUT2D eigenvalue weighted by molar-refractivity contribution is -0.662. The second kappa shape index (κ2) is 13.6. The highest BCUT2D eigenvalue weighted by Crippen LogP contribution is 2.32. The molecule has 0 bridgehead atoms. The predicted molar refractivity (Wildman–Crippen MR) is 185 cm³/mol. The van der Waals surface area contributed by atoms with Crippen LogP contribution >= 0.6 is 0 Å². The van der Waals surface area contributed by atoms with E-state index < -0.39 is 0 Å². The summed E-state index contributed by atoms with van der Waals surface area (Å²) in [6, 6.07) is 19.6. The highest BCUT2D eigenvalue weighted by molar-refractivity contribution is 5.75. The molecule has 3 heterocycles. The van der Waals surface area contributed by atoms with E-state index in [-0.39, 0.29) is 0 Å². The van der Waals surface area contributed by atoms with E-state index in [1.807, 2.05) is 0 Å². The van der Waals surface area contributed by atoms with Crippen LogP contribution in [0.1, 0.15) is 82.2 Å². The van der Waals surface area contributed by atoms with Crippen LogP contribution in [0.15, 0.2) is 60.8 Å². The second-order valence-corrected chi connectivity index (χ2v) is 12.2. The van der Waals surface area contributed by atoms with Crippen LogP contribution in [-0.2, 0) is 38.9 Å². The molecule has 0 atom stereocenters. The molecule has 44 heavy (non-hydrogen) atoms. The molecule has 0 saturated heterocycles. The average molecular weight is 587 g/mol. The maximum absolute atomic E-state index is 4.81. The van der Waals surface area contributed by atoms with Crippen LogP contribution in [0, 0.1) is 34.6 Å². The fourth-order valence-electron chi connectivity index (χ4n) is 6.98. The Balaban J connectivity index is 1.68. The number of aromatic nitrogens is 3. The number of nitrogens with zero attached hydrogens (tertiary/aromatic N) is 3. The molecule has 0 saturated carbocycles. The summed E-state index contributed by atoms with van der Waals surface area (Å²) in [5, 5.41) is 8.73. The number of pyridine rings is 3. The number of anilines is 2. The molecule has 0 unspecified atom stereocenters. The standard InChI is InChI=1S/C39H48N5/c1-9-31-34(21-40-38-19-25(4)16-28(7)42-38)32(10-2)36(24-44-23-27(6)18-30-14-12-13-15-37(30)44)33(11-3)35(31)22-41-39-20-26(5)17-29(8)43-39/h12-20,23H,9-11,21-22,24H2,1-8H3,(H,40,42)(H,41,43)/q+1. The molecule has 3 aromatic heterocycles. The number of rotatable bonds is 11. The molecule has 2 aromatic carbocycles. The van der Waals surface area contributed by atoms with Gasteiger partial charge in [-0.15, -0.1) is 0 Å². The van der Waals surface area contributed by atoms with Gasteiger partial charge in [0.15, 0.2) is 12.7 Å². The van der Waals surface area contributed by atoms with E-state index in [1.54, 1.807) is 0 Å². The first-order valence-electron chi connectivity index (χ1n) is 16.1. The van der Waals surface area contributed by atoms with Gasteiger partial charge in [0.2, 0.25) is 5.52 Å². The zero-order valence-electron chi connectivity index (χ0n) is 27.9. The van der Waals surface area contributed by atoms with Crippen LogP contribution < -0.4 is 15.2 Å². The zero-order chi connectivity index (χ0) is 31.4. The number of benzene rings is 2. The Morgan fingerprint density at radius 1 is 0.568 bits per heavy atom. The summed E-state index contributed by atoms with van der Waals surface area (Å²) < 4.78 is 2.45. The molecular formula is C39H48N5+. The van der Waals surface area contributed by atoms with Crippen molar-refractivity contribution in [3.05, 3.63) is 122 Å². The largest absolute Gasteiger partial charge is 0.366 e. The topological polar surface area (TPSA) is 53.7 Å². The first-order valence-corrected chi connectivity index (χ1v) is 16.1. The van der Waals surface area contributed by atoms with E-state index in [0.29, 0.717) is 0 Å². The normalized spacial score (nSPS) is 11.3. The third kappa shape index (κ3) is 6.77. The van der Waals surface area contributed by atoms with Crippen molar-refractivity contribution in [1.29, 1.82) is 0 Å². The molecule has 5 nitrogen and oxygen atoms in total. The highest BCUT2D eigenvalue weighted by atomic mass is 15.0. The van der Waals surface area contributed by atoms with Crippen molar-refractivity contribution < 1.29 is 4.57 Å². The van der Waals surface area contributed by atoms with E-state index in [9.17, 15) is 0 Å². The van der Waals surface area contributed by atoms with Crippen LogP contribution in [0.5, 0.6) is 0 Å². The third-order valence-corrected chi connectivity index (χ3v) is 8.65. The first kappa shape index (κ1) is 31.2. The number of nitrogens with one attached hydrogen (secondary N) is 2. The van der Waals surface area contributed by atoms with Crippen LogP contribution in [0.4, 0.5) is 11.6 Å². The van der Waals surface area contributed by atoms with Gasteiger partial charge in [-0.1, -0.05) is 32.9 Å². The Kier molecular flexibility index (Phi) is 9.63. The molecule has 5 heteroatoms. The summed E-state index contributed by atoms with van der Waals surface area (Å²) in [4.78, 5) is 9.61. The number of fused-ring (bicyclic) bond motifs is 1. The third-order valence-electron chi connectivity index (χ3n) is 8.65. The van der Waals surface area contributed by atoms with Crippen molar-refractivity contribution >= 4 is 22.5 Å². The summed E-state index contributed by atoms with van der Waals surface area (Å²) in [5.41, 5.74) is 15.7. The fraction of sp³-hybridized carbons (Fsp3) is 0.359. The minimum Gasteiger partial charge on any atom is -0.366 e. The number of para-hydroxylation sites is 1. The van der Waals surface area contributed by atoms with E-state index in [1.165, 1.54) is 61.0 Å². The molecule has 228 valence electrons.